The molecule has 0 aliphatic carbocycles. The molecule has 2 rings (SSSR count). The number of nitriles is 1. The van der Waals surface area contributed by atoms with Crippen LogP contribution >= 0.6 is 7.37 Å². The van der Waals surface area contributed by atoms with Crippen molar-refractivity contribution in [2.24, 2.45) is 0 Å². The van der Waals surface area contributed by atoms with Crippen LogP contribution in [-0.4, -0.2) is 6.61 Å². The molecular formula is C16H16NO2P. The van der Waals surface area contributed by atoms with Crippen LogP contribution in [0.2, 0.25) is 0 Å². The van der Waals surface area contributed by atoms with Gasteiger partial charge in [0, 0.05) is 17.0 Å². The van der Waals surface area contributed by atoms with Crippen LogP contribution in [-0.2, 0) is 9.09 Å². The molecule has 0 fully saturated rings. The average molecular weight is 285 g/mol. The van der Waals surface area contributed by atoms with Crippen molar-refractivity contribution in [2.45, 2.75) is 12.8 Å². The summed E-state index contributed by atoms with van der Waals surface area (Å²) in [5.41, 5.74) is 0. The highest BCUT2D eigenvalue weighted by atomic mass is 31.2. The molecule has 2 aromatic carbocycles. The minimum atomic E-state index is -3.07. The van der Waals surface area contributed by atoms with Gasteiger partial charge in [-0.3, -0.25) is 4.57 Å². The van der Waals surface area contributed by atoms with Crippen molar-refractivity contribution < 1.29 is 9.09 Å². The molecule has 0 saturated heterocycles. The summed E-state index contributed by atoms with van der Waals surface area (Å²) in [6.45, 7) is 0.314. The summed E-state index contributed by atoms with van der Waals surface area (Å²) in [6.07, 6.45) is 0.990. The predicted molar refractivity (Wildman–Crippen MR) is 80.6 cm³/mol. The largest absolute Gasteiger partial charge is 0.322 e. The van der Waals surface area contributed by atoms with Crippen LogP contribution in [0.25, 0.3) is 0 Å². The first-order chi connectivity index (χ1) is 9.77. The van der Waals surface area contributed by atoms with Crippen LogP contribution in [0.5, 0.6) is 0 Å². The maximum atomic E-state index is 13.3. The van der Waals surface area contributed by atoms with Gasteiger partial charge in [0.05, 0.1) is 12.7 Å². The molecule has 0 heterocycles. The fourth-order valence-corrected chi connectivity index (χ4v) is 4.00. The van der Waals surface area contributed by atoms with E-state index in [0.29, 0.717) is 30.1 Å². The van der Waals surface area contributed by atoms with Crippen molar-refractivity contribution in [3.8, 4) is 6.07 Å². The molecule has 0 amide bonds. The minimum Gasteiger partial charge on any atom is -0.322 e. The van der Waals surface area contributed by atoms with Crippen LogP contribution in [0.15, 0.2) is 60.7 Å². The van der Waals surface area contributed by atoms with Gasteiger partial charge in [-0.1, -0.05) is 36.4 Å². The standard InChI is InChI=1S/C16H16NO2P/c17-13-7-8-14-19-20(18,15-9-3-1-4-10-15)16-11-5-2-6-12-16/h1-6,9-12H,7-8,14H2. The van der Waals surface area contributed by atoms with E-state index in [1.807, 2.05) is 60.7 Å². The zero-order chi connectivity index (χ0) is 14.3. The van der Waals surface area contributed by atoms with E-state index in [1.54, 1.807) is 0 Å². The molecule has 0 spiro atoms. The van der Waals surface area contributed by atoms with Gasteiger partial charge in [0.25, 0.3) is 7.37 Å². The van der Waals surface area contributed by atoms with Crippen LogP contribution in [0.4, 0.5) is 0 Å². The topological polar surface area (TPSA) is 50.1 Å². The average Bonchev–Trinajstić information content (AvgIpc) is 2.53. The third kappa shape index (κ3) is 3.36. The first kappa shape index (κ1) is 14.5. The summed E-state index contributed by atoms with van der Waals surface area (Å²) >= 11 is 0. The van der Waals surface area contributed by atoms with E-state index in [-0.39, 0.29) is 0 Å². The Morgan fingerprint density at radius 1 is 0.950 bits per heavy atom. The molecule has 20 heavy (non-hydrogen) atoms. The molecule has 0 aliphatic heterocycles. The second-order valence-electron chi connectivity index (χ2n) is 4.32. The summed E-state index contributed by atoms with van der Waals surface area (Å²) in [4.78, 5) is 0. The van der Waals surface area contributed by atoms with Gasteiger partial charge < -0.3 is 4.52 Å². The number of hydrogen-bond donors (Lipinski definition) is 0. The monoisotopic (exact) mass is 285 g/mol. The molecule has 2 aromatic rings. The lowest BCUT2D eigenvalue weighted by Crippen LogP contribution is -2.18. The summed E-state index contributed by atoms with van der Waals surface area (Å²) in [5, 5.41) is 9.92. The summed E-state index contributed by atoms with van der Waals surface area (Å²) < 4.78 is 19.0. The predicted octanol–water partition coefficient (Wildman–Crippen LogP) is 3.24. The molecule has 0 N–H and O–H groups in total. The Bertz CT molecular complexity index is 576. The minimum absolute atomic E-state index is 0.314. The molecule has 3 nitrogen and oxygen atoms in total. The van der Waals surface area contributed by atoms with E-state index in [4.69, 9.17) is 9.79 Å². The molecule has 0 radical (unpaired) electrons. The van der Waals surface area contributed by atoms with Crippen molar-refractivity contribution in [3.63, 3.8) is 0 Å². The number of rotatable bonds is 6. The number of nitrogens with zero attached hydrogens (tertiary/aromatic N) is 1. The highest BCUT2D eigenvalue weighted by Crippen LogP contribution is 2.44. The van der Waals surface area contributed by atoms with Gasteiger partial charge in [0.1, 0.15) is 0 Å². The number of hydrogen-bond acceptors (Lipinski definition) is 3. The fourth-order valence-electron chi connectivity index (χ4n) is 1.89. The van der Waals surface area contributed by atoms with Crippen LogP contribution in [0.3, 0.4) is 0 Å². The van der Waals surface area contributed by atoms with Crippen molar-refractivity contribution in [2.75, 3.05) is 6.61 Å². The molecule has 4 heteroatoms. The quantitative estimate of drug-likeness (QED) is 0.604. The van der Waals surface area contributed by atoms with Crippen molar-refractivity contribution in [1.82, 2.24) is 0 Å². The first-order valence-corrected chi connectivity index (χ1v) is 8.12. The lowest BCUT2D eigenvalue weighted by molar-refractivity contribution is 0.322. The van der Waals surface area contributed by atoms with Crippen LogP contribution < -0.4 is 10.6 Å². The number of benzene rings is 2. The van der Waals surface area contributed by atoms with Gasteiger partial charge in [-0.2, -0.15) is 5.26 Å². The van der Waals surface area contributed by atoms with E-state index >= 15 is 0 Å². The van der Waals surface area contributed by atoms with Crippen molar-refractivity contribution in [3.05, 3.63) is 60.7 Å². The molecule has 102 valence electrons. The zero-order valence-electron chi connectivity index (χ0n) is 11.1. The molecule has 0 aromatic heterocycles. The summed E-state index contributed by atoms with van der Waals surface area (Å²) in [5.74, 6) is 0. The first-order valence-electron chi connectivity index (χ1n) is 6.50. The van der Waals surface area contributed by atoms with E-state index < -0.39 is 7.37 Å². The highest BCUT2D eigenvalue weighted by Gasteiger charge is 2.27. The van der Waals surface area contributed by atoms with E-state index in [0.717, 1.165) is 0 Å². The van der Waals surface area contributed by atoms with Crippen molar-refractivity contribution >= 4 is 18.0 Å². The van der Waals surface area contributed by atoms with Gasteiger partial charge in [-0.05, 0) is 30.7 Å². The van der Waals surface area contributed by atoms with Crippen LogP contribution in [0, 0.1) is 11.3 Å². The fraction of sp³-hybridized carbons (Fsp3) is 0.188. The molecule has 0 unspecified atom stereocenters. The van der Waals surface area contributed by atoms with E-state index in [1.165, 1.54) is 0 Å². The van der Waals surface area contributed by atoms with Gasteiger partial charge in [0.15, 0.2) is 0 Å². The maximum absolute atomic E-state index is 13.3. The Hall–Kier alpha value is -1.88. The summed E-state index contributed by atoms with van der Waals surface area (Å²) in [6, 6.07) is 20.5. The van der Waals surface area contributed by atoms with E-state index in [9.17, 15) is 4.57 Å². The third-order valence-corrected chi connectivity index (χ3v) is 5.40. The smallest absolute Gasteiger partial charge is 0.261 e. The zero-order valence-corrected chi connectivity index (χ0v) is 12.0. The Labute approximate surface area is 119 Å². The van der Waals surface area contributed by atoms with Crippen LogP contribution in [0.1, 0.15) is 12.8 Å². The lowest BCUT2D eigenvalue weighted by atomic mass is 10.4. The van der Waals surface area contributed by atoms with Gasteiger partial charge in [0.2, 0.25) is 0 Å². The highest BCUT2D eigenvalue weighted by molar-refractivity contribution is 7.74. The Morgan fingerprint density at radius 3 is 1.90 bits per heavy atom. The van der Waals surface area contributed by atoms with Gasteiger partial charge >= 0.3 is 0 Å². The van der Waals surface area contributed by atoms with Crippen molar-refractivity contribution in [1.29, 1.82) is 5.26 Å². The molecule has 0 aliphatic rings. The Morgan fingerprint density at radius 2 is 1.45 bits per heavy atom. The molecule has 0 saturated carbocycles. The second kappa shape index (κ2) is 7.05. The molecule has 0 atom stereocenters. The normalized spacial score (nSPS) is 10.9. The Kier molecular flexibility index (Phi) is 5.12. The molecule has 0 bridgehead atoms. The van der Waals surface area contributed by atoms with Gasteiger partial charge in [-0.25, -0.2) is 0 Å². The SMILES string of the molecule is N#CCCCOP(=O)(c1ccccc1)c1ccccc1. The lowest BCUT2D eigenvalue weighted by Gasteiger charge is -2.19. The van der Waals surface area contributed by atoms with E-state index in [2.05, 4.69) is 6.07 Å². The second-order valence-corrected chi connectivity index (χ2v) is 6.71. The summed E-state index contributed by atoms with van der Waals surface area (Å²) in [7, 11) is -3.07. The van der Waals surface area contributed by atoms with Gasteiger partial charge in [-0.15, -0.1) is 0 Å². The third-order valence-electron chi connectivity index (χ3n) is 2.90. The molecular weight excluding hydrogens is 269 g/mol. The number of unbranched alkanes of at least 4 members (excludes halogenated alkanes) is 1. The maximum Gasteiger partial charge on any atom is 0.261 e. The Balaban J connectivity index is 2.30.